The quantitative estimate of drug-likeness (QED) is 0.895. The van der Waals surface area contributed by atoms with Gasteiger partial charge in [-0.05, 0) is 38.8 Å². The highest BCUT2D eigenvalue weighted by atomic mass is 16.5. The number of ether oxygens (including phenoxy) is 1. The standard InChI is InChI=1S/C14H21N3O2/c1-10(2)19-12-4-3-7-16-13(12)14(18)17-8-5-11(15)6-9-17/h3-4,7,10-11H,5-6,8-9,15H2,1-2H3. The molecule has 0 aromatic carbocycles. The van der Waals surface area contributed by atoms with Crippen molar-refractivity contribution in [1.29, 1.82) is 0 Å². The van der Waals surface area contributed by atoms with E-state index in [0.717, 1.165) is 12.8 Å². The van der Waals surface area contributed by atoms with E-state index in [0.29, 0.717) is 24.5 Å². The number of nitrogens with zero attached hydrogens (tertiary/aromatic N) is 2. The Balaban J connectivity index is 2.14. The van der Waals surface area contributed by atoms with Crippen LogP contribution in [0.5, 0.6) is 5.75 Å². The summed E-state index contributed by atoms with van der Waals surface area (Å²) in [6.07, 6.45) is 3.33. The predicted octanol–water partition coefficient (Wildman–Crippen LogP) is 1.43. The second kappa shape index (κ2) is 6.02. The van der Waals surface area contributed by atoms with Crippen LogP contribution < -0.4 is 10.5 Å². The Hall–Kier alpha value is -1.62. The predicted molar refractivity (Wildman–Crippen MR) is 73.1 cm³/mol. The van der Waals surface area contributed by atoms with E-state index >= 15 is 0 Å². The molecule has 1 aromatic rings. The molecule has 0 saturated carbocycles. The zero-order chi connectivity index (χ0) is 13.8. The number of aromatic nitrogens is 1. The number of carbonyl (C=O) groups excluding carboxylic acids is 1. The summed E-state index contributed by atoms with van der Waals surface area (Å²) < 4.78 is 5.64. The van der Waals surface area contributed by atoms with Gasteiger partial charge in [-0.2, -0.15) is 0 Å². The van der Waals surface area contributed by atoms with Gasteiger partial charge in [0, 0.05) is 25.3 Å². The average Bonchev–Trinajstić information content (AvgIpc) is 2.39. The molecule has 2 N–H and O–H groups in total. The number of piperidine rings is 1. The van der Waals surface area contributed by atoms with Crippen LogP contribution in [0.3, 0.4) is 0 Å². The summed E-state index contributed by atoms with van der Waals surface area (Å²) in [4.78, 5) is 18.4. The molecule has 0 aliphatic carbocycles. The first kappa shape index (κ1) is 13.8. The first-order chi connectivity index (χ1) is 9.08. The lowest BCUT2D eigenvalue weighted by molar-refractivity contribution is 0.0702. The molecule has 1 aromatic heterocycles. The minimum atomic E-state index is -0.0665. The number of rotatable bonds is 3. The third kappa shape index (κ3) is 3.44. The summed E-state index contributed by atoms with van der Waals surface area (Å²) in [6, 6.07) is 3.77. The van der Waals surface area contributed by atoms with Gasteiger partial charge >= 0.3 is 0 Å². The SMILES string of the molecule is CC(C)Oc1cccnc1C(=O)N1CCC(N)CC1. The fourth-order valence-electron chi connectivity index (χ4n) is 2.15. The highest BCUT2D eigenvalue weighted by Crippen LogP contribution is 2.20. The first-order valence-corrected chi connectivity index (χ1v) is 6.74. The van der Waals surface area contributed by atoms with Crippen molar-refractivity contribution >= 4 is 5.91 Å². The average molecular weight is 263 g/mol. The number of amides is 1. The highest BCUT2D eigenvalue weighted by molar-refractivity contribution is 5.95. The van der Waals surface area contributed by atoms with Crippen LogP contribution in [0.1, 0.15) is 37.2 Å². The zero-order valence-corrected chi connectivity index (χ0v) is 11.5. The largest absolute Gasteiger partial charge is 0.489 e. The molecule has 1 aliphatic rings. The van der Waals surface area contributed by atoms with Gasteiger partial charge in [-0.3, -0.25) is 4.79 Å². The van der Waals surface area contributed by atoms with E-state index in [9.17, 15) is 4.79 Å². The van der Waals surface area contributed by atoms with Gasteiger partial charge in [-0.1, -0.05) is 0 Å². The smallest absolute Gasteiger partial charge is 0.276 e. The highest BCUT2D eigenvalue weighted by Gasteiger charge is 2.25. The molecule has 1 saturated heterocycles. The van der Waals surface area contributed by atoms with Crippen LogP contribution in [0.15, 0.2) is 18.3 Å². The van der Waals surface area contributed by atoms with Crippen molar-refractivity contribution in [3.8, 4) is 5.75 Å². The number of carbonyl (C=O) groups is 1. The van der Waals surface area contributed by atoms with E-state index in [1.54, 1.807) is 23.2 Å². The van der Waals surface area contributed by atoms with Gasteiger partial charge in [0.2, 0.25) is 0 Å². The minimum absolute atomic E-state index is 0.0190. The van der Waals surface area contributed by atoms with Crippen LogP contribution in [0, 0.1) is 0 Å². The van der Waals surface area contributed by atoms with Crippen molar-refractivity contribution in [2.24, 2.45) is 5.73 Å². The Morgan fingerprint density at radius 3 is 2.79 bits per heavy atom. The third-order valence-corrected chi connectivity index (χ3v) is 3.16. The molecule has 5 nitrogen and oxygen atoms in total. The second-order valence-electron chi connectivity index (χ2n) is 5.15. The second-order valence-corrected chi connectivity index (χ2v) is 5.15. The zero-order valence-electron chi connectivity index (χ0n) is 11.5. The molecular formula is C14H21N3O2. The maximum absolute atomic E-state index is 12.5. The number of nitrogens with two attached hydrogens (primary N) is 1. The monoisotopic (exact) mass is 263 g/mol. The fourth-order valence-corrected chi connectivity index (χ4v) is 2.15. The molecule has 5 heteroatoms. The van der Waals surface area contributed by atoms with Crippen LogP contribution >= 0.6 is 0 Å². The maximum atomic E-state index is 12.5. The Morgan fingerprint density at radius 2 is 2.16 bits per heavy atom. The van der Waals surface area contributed by atoms with Gasteiger partial charge in [0.1, 0.15) is 0 Å². The summed E-state index contributed by atoms with van der Waals surface area (Å²) in [6.45, 7) is 5.25. The molecule has 1 amide bonds. The Labute approximate surface area is 113 Å². The van der Waals surface area contributed by atoms with E-state index in [1.807, 2.05) is 13.8 Å². The van der Waals surface area contributed by atoms with Crippen molar-refractivity contribution in [3.05, 3.63) is 24.0 Å². The number of hydrogen-bond acceptors (Lipinski definition) is 4. The fraction of sp³-hybridized carbons (Fsp3) is 0.571. The molecule has 2 heterocycles. The topological polar surface area (TPSA) is 68.5 Å². The van der Waals surface area contributed by atoms with Crippen molar-refractivity contribution < 1.29 is 9.53 Å². The van der Waals surface area contributed by atoms with Gasteiger partial charge in [0.15, 0.2) is 11.4 Å². The molecule has 104 valence electrons. The van der Waals surface area contributed by atoms with E-state index in [4.69, 9.17) is 10.5 Å². The molecular weight excluding hydrogens is 242 g/mol. The number of hydrogen-bond donors (Lipinski definition) is 1. The van der Waals surface area contributed by atoms with Crippen molar-refractivity contribution in [1.82, 2.24) is 9.88 Å². The van der Waals surface area contributed by atoms with Crippen molar-refractivity contribution in [3.63, 3.8) is 0 Å². The van der Waals surface area contributed by atoms with E-state index < -0.39 is 0 Å². The Kier molecular flexibility index (Phi) is 4.37. The molecule has 2 rings (SSSR count). The first-order valence-electron chi connectivity index (χ1n) is 6.74. The van der Waals surface area contributed by atoms with Crippen molar-refractivity contribution in [2.45, 2.75) is 38.8 Å². The van der Waals surface area contributed by atoms with Crippen LogP contribution in [0.4, 0.5) is 0 Å². The molecule has 1 fully saturated rings. The number of pyridine rings is 1. The summed E-state index contributed by atoms with van der Waals surface area (Å²) in [5.74, 6) is 0.487. The molecule has 0 unspecified atom stereocenters. The van der Waals surface area contributed by atoms with Gasteiger partial charge in [0.05, 0.1) is 6.10 Å². The van der Waals surface area contributed by atoms with E-state index in [1.165, 1.54) is 0 Å². The molecule has 0 spiro atoms. The van der Waals surface area contributed by atoms with E-state index in [2.05, 4.69) is 4.98 Å². The lowest BCUT2D eigenvalue weighted by Gasteiger charge is -2.30. The lowest BCUT2D eigenvalue weighted by Crippen LogP contribution is -2.43. The van der Waals surface area contributed by atoms with Crippen LogP contribution in [0.2, 0.25) is 0 Å². The van der Waals surface area contributed by atoms with Crippen molar-refractivity contribution in [2.75, 3.05) is 13.1 Å². The Bertz CT molecular complexity index is 440. The normalized spacial score (nSPS) is 16.7. The summed E-state index contributed by atoms with van der Waals surface area (Å²) in [5, 5.41) is 0. The third-order valence-electron chi connectivity index (χ3n) is 3.16. The van der Waals surface area contributed by atoms with Gasteiger partial charge < -0.3 is 15.4 Å². The molecule has 0 bridgehead atoms. The number of likely N-dealkylation sites (tertiary alicyclic amines) is 1. The van der Waals surface area contributed by atoms with Gasteiger partial charge in [-0.25, -0.2) is 4.98 Å². The maximum Gasteiger partial charge on any atom is 0.276 e. The lowest BCUT2D eigenvalue weighted by atomic mass is 10.1. The van der Waals surface area contributed by atoms with Crippen LogP contribution in [-0.4, -0.2) is 41.0 Å². The summed E-state index contributed by atoms with van der Waals surface area (Å²) in [7, 11) is 0. The molecule has 0 atom stereocenters. The van der Waals surface area contributed by atoms with Crippen LogP contribution in [-0.2, 0) is 0 Å². The molecule has 1 aliphatic heterocycles. The van der Waals surface area contributed by atoms with Gasteiger partial charge in [0.25, 0.3) is 5.91 Å². The minimum Gasteiger partial charge on any atom is -0.489 e. The molecule has 19 heavy (non-hydrogen) atoms. The van der Waals surface area contributed by atoms with E-state index in [-0.39, 0.29) is 18.1 Å². The summed E-state index contributed by atoms with van der Waals surface area (Å²) in [5.41, 5.74) is 6.25. The molecule has 0 radical (unpaired) electrons. The Morgan fingerprint density at radius 1 is 1.47 bits per heavy atom. The summed E-state index contributed by atoms with van der Waals surface area (Å²) >= 11 is 0. The van der Waals surface area contributed by atoms with Crippen LogP contribution in [0.25, 0.3) is 0 Å². The van der Waals surface area contributed by atoms with Gasteiger partial charge in [-0.15, -0.1) is 0 Å².